The molecule has 0 bridgehead atoms. The summed E-state index contributed by atoms with van der Waals surface area (Å²) in [6, 6.07) is 1.84. The Bertz CT molecular complexity index is 436. The van der Waals surface area contributed by atoms with Gasteiger partial charge in [-0.2, -0.15) is 11.3 Å². The van der Waals surface area contributed by atoms with E-state index in [0.29, 0.717) is 5.82 Å². The molecule has 0 amide bonds. The second-order valence-electron chi connectivity index (χ2n) is 2.47. The fraction of sp³-hybridized carbons (Fsp3) is 0.143. The molecule has 0 aliphatic heterocycles. The molecular weight excluding hydrogens is 204 g/mol. The van der Waals surface area contributed by atoms with E-state index in [0.717, 1.165) is 10.4 Å². The zero-order valence-corrected chi connectivity index (χ0v) is 8.06. The second-order valence-corrected chi connectivity index (χ2v) is 3.25. The van der Waals surface area contributed by atoms with Crippen molar-refractivity contribution in [1.29, 1.82) is 0 Å². The van der Waals surface area contributed by atoms with Crippen LogP contribution in [0.5, 0.6) is 0 Å². The molecule has 72 valence electrons. The first-order chi connectivity index (χ1) is 6.77. The Hall–Kier alpha value is -1.76. The van der Waals surface area contributed by atoms with E-state index in [1.54, 1.807) is 0 Å². The maximum atomic E-state index is 10.7. The summed E-state index contributed by atoms with van der Waals surface area (Å²) < 4.78 is 0. The van der Waals surface area contributed by atoms with Crippen molar-refractivity contribution >= 4 is 17.3 Å². The predicted octanol–water partition coefficient (Wildman–Crippen LogP) is 0.377. The molecule has 2 aromatic rings. The minimum atomic E-state index is -0.464. The van der Waals surface area contributed by atoms with E-state index in [1.165, 1.54) is 18.3 Å². The van der Waals surface area contributed by atoms with E-state index in [9.17, 15) is 4.79 Å². The van der Waals surface area contributed by atoms with Crippen LogP contribution < -0.4 is 4.84 Å². The van der Waals surface area contributed by atoms with E-state index >= 15 is 0 Å². The SMILES string of the molecule is CC(=O)On1nnnc1-c1ccsc1. The van der Waals surface area contributed by atoms with Gasteiger partial charge in [-0.3, -0.25) is 0 Å². The molecule has 2 heterocycles. The van der Waals surface area contributed by atoms with Gasteiger partial charge < -0.3 is 4.84 Å². The first kappa shape index (κ1) is 8.82. The number of carbonyl (C=O) groups excluding carboxylic acids is 1. The number of tetrazole rings is 1. The van der Waals surface area contributed by atoms with Crippen LogP contribution in [0.25, 0.3) is 11.4 Å². The van der Waals surface area contributed by atoms with Gasteiger partial charge in [0.05, 0.1) is 0 Å². The number of carbonyl (C=O) groups is 1. The van der Waals surface area contributed by atoms with Crippen LogP contribution in [0.2, 0.25) is 0 Å². The monoisotopic (exact) mass is 210 g/mol. The fourth-order valence-electron chi connectivity index (χ4n) is 0.922. The summed E-state index contributed by atoms with van der Waals surface area (Å²) in [7, 11) is 0. The Balaban J connectivity index is 2.35. The summed E-state index contributed by atoms with van der Waals surface area (Å²) in [5, 5.41) is 14.5. The third-order valence-electron chi connectivity index (χ3n) is 1.44. The molecule has 0 N–H and O–H groups in total. The van der Waals surface area contributed by atoms with Crippen LogP contribution in [0.4, 0.5) is 0 Å². The first-order valence-electron chi connectivity index (χ1n) is 3.77. The lowest BCUT2D eigenvalue weighted by atomic mass is 10.3. The maximum Gasteiger partial charge on any atom is 0.332 e. The molecule has 7 heteroatoms. The average molecular weight is 210 g/mol. The zero-order valence-electron chi connectivity index (χ0n) is 7.25. The van der Waals surface area contributed by atoms with Crippen molar-refractivity contribution in [3.8, 4) is 11.4 Å². The normalized spacial score (nSPS) is 10.1. The smallest absolute Gasteiger partial charge is 0.316 e. The summed E-state index contributed by atoms with van der Waals surface area (Å²) in [5.74, 6) is -0.0461. The summed E-state index contributed by atoms with van der Waals surface area (Å²) in [5.41, 5.74) is 0.821. The lowest BCUT2D eigenvalue weighted by molar-refractivity contribution is -0.143. The second kappa shape index (κ2) is 3.54. The van der Waals surface area contributed by atoms with Gasteiger partial charge in [0.1, 0.15) is 0 Å². The predicted molar refractivity (Wildman–Crippen MR) is 48.4 cm³/mol. The van der Waals surface area contributed by atoms with Crippen molar-refractivity contribution in [2.75, 3.05) is 0 Å². The van der Waals surface area contributed by atoms with Gasteiger partial charge in [0.25, 0.3) is 0 Å². The van der Waals surface area contributed by atoms with Gasteiger partial charge in [0.15, 0.2) is 0 Å². The molecule has 2 rings (SSSR count). The Morgan fingerprint density at radius 2 is 2.50 bits per heavy atom. The number of thiophene rings is 1. The molecule has 0 saturated carbocycles. The van der Waals surface area contributed by atoms with Gasteiger partial charge in [-0.1, -0.05) is 0 Å². The van der Waals surface area contributed by atoms with E-state index in [-0.39, 0.29) is 0 Å². The van der Waals surface area contributed by atoms with E-state index in [2.05, 4.69) is 15.5 Å². The Morgan fingerprint density at radius 3 is 3.14 bits per heavy atom. The van der Waals surface area contributed by atoms with Gasteiger partial charge >= 0.3 is 5.97 Å². The molecule has 0 unspecified atom stereocenters. The number of hydrogen-bond donors (Lipinski definition) is 0. The van der Waals surface area contributed by atoms with Crippen molar-refractivity contribution in [3.63, 3.8) is 0 Å². The molecule has 6 nitrogen and oxygen atoms in total. The zero-order chi connectivity index (χ0) is 9.97. The van der Waals surface area contributed by atoms with E-state index < -0.39 is 5.97 Å². The van der Waals surface area contributed by atoms with Gasteiger partial charge in [0, 0.05) is 17.9 Å². The van der Waals surface area contributed by atoms with Crippen molar-refractivity contribution in [2.24, 2.45) is 0 Å². The van der Waals surface area contributed by atoms with Gasteiger partial charge in [-0.05, 0) is 26.7 Å². The average Bonchev–Trinajstić information content (AvgIpc) is 2.70. The van der Waals surface area contributed by atoms with Gasteiger partial charge in [-0.15, -0.1) is 5.10 Å². The molecule has 14 heavy (non-hydrogen) atoms. The number of aromatic nitrogens is 4. The largest absolute Gasteiger partial charge is 0.332 e. The lowest BCUT2D eigenvalue weighted by Crippen LogP contribution is -2.18. The highest BCUT2D eigenvalue weighted by molar-refractivity contribution is 7.08. The Kier molecular flexibility index (Phi) is 2.23. The molecule has 0 aliphatic rings. The minimum absolute atomic E-state index is 0.418. The Labute approximate surface area is 83.1 Å². The molecule has 0 radical (unpaired) electrons. The third-order valence-corrected chi connectivity index (χ3v) is 2.12. The molecular formula is C7H6N4O2S. The highest BCUT2D eigenvalue weighted by atomic mass is 32.1. The van der Waals surface area contributed by atoms with Crippen LogP contribution in [0, 0.1) is 0 Å². The van der Waals surface area contributed by atoms with Crippen molar-refractivity contribution in [1.82, 2.24) is 20.4 Å². The molecule has 0 aromatic carbocycles. The molecule has 0 saturated heterocycles. The van der Waals surface area contributed by atoms with Crippen molar-refractivity contribution < 1.29 is 9.63 Å². The molecule has 0 spiro atoms. The first-order valence-corrected chi connectivity index (χ1v) is 4.71. The van der Waals surface area contributed by atoms with Crippen LogP contribution in [0.3, 0.4) is 0 Å². The van der Waals surface area contributed by atoms with Gasteiger partial charge in [-0.25, -0.2) is 4.79 Å². The lowest BCUT2D eigenvalue weighted by Gasteiger charge is -1.99. The quantitative estimate of drug-likeness (QED) is 0.670. The van der Waals surface area contributed by atoms with Gasteiger partial charge in [0.2, 0.25) is 5.82 Å². The highest BCUT2D eigenvalue weighted by Gasteiger charge is 2.11. The van der Waals surface area contributed by atoms with Crippen LogP contribution in [-0.4, -0.2) is 26.3 Å². The number of nitrogens with zero attached hydrogens (tertiary/aromatic N) is 4. The van der Waals surface area contributed by atoms with Crippen molar-refractivity contribution in [3.05, 3.63) is 16.8 Å². The maximum absolute atomic E-state index is 10.7. The third kappa shape index (κ3) is 1.62. The summed E-state index contributed by atoms with van der Waals surface area (Å²) in [6.07, 6.45) is 0. The molecule has 0 aliphatic carbocycles. The van der Waals surface area contributed by atoms with Crippen LogP contribution in [0.1, 0.15) is 6.92 Å². The highest BCUT2D eigenvalue weighted by Crippen LogP contribution is 2.17. The molecule has 0 atom stereocenters. The summed E-state index contributed by atoms with van der Waals surface area (Å²) in [4.78, 5) is 16.5. The van der Waals surface area contributed by atoms with Crippen LogP contribution >= 0.6 is 11.3 Å². The molecule has 0 fully saturated rings. The summed E-state index contributed by atoms with van der Waals surface area (Å²) >= 11 is 1.52. The number of rotatable bonds is 2. The van der Waals surface area contributed by atoms with Crippen LogP contribution in [-0.2, 0) is 4.79 Å². The standard InChI is InChI=1S/C7H6N4O2S/c1-5(12)13-11-7(8-9-10-11)6-2-3-14-4-6/h2-4H,1H3. The Morgan fingerprint density at radius 1 is 1.64 bits per heavy atom. The summed E-state index contributed by atoms with van der Waals surface area (Å²) in [6.45, 7) is 1.29. The number of hydrogen-bond acceptors (Lipinski definition) is 6. The van der Waals surface area contributed by atoms with E-state index in [4.69, 9.17) is 4.84 Å². The minimum Gasteiger partial charge on any atom is -0.316 e. The van der Waals surface area contributed by atoms with E-state index in [1.807, 2.05) is 16.8 Å². The molecule has 2 aromatic heterocycles. The topological polar surface area (TPSA) is 69.9 Å². The van der Waals surface area contributed by atoms with Crippen LogP contribution in [0.15, 0.2) is 16.8 Å². The fourth-order valence-corrected chi connectivity index (χ4v) is 1.56. The van der Waals surface area contributed by atoms with Crippen molar-refractivity contribution in [2.45, 2.75) is 6.92 Å².